The molecule has 1 aromatic rings. The number of nitrogens with one attached hydrogen (secondary N) is 1. The summed E-state index contributed by atoms with van der Waals surface area (Å²) in [4.78, 5) is 12.4. The number of ether oxygens (including phenoxy) is 1. The molecule has 1 aromatic heterocycles. The highest BCUT2D eigenvalue weighted by atomic mass is 16.5. The van der Waals surface area contributed by atoms with E-state index >= 15 is 0 Å². The first-order valence-corrected chi connectivity index (χ1v) is 6.91. The molecular weight excluding hydrogens is 242 g/mol. The fourth-order valence-corrected chi connectivity index (χ4v) is 2.58. The summed E-state index contributed by atoms with van der Waals surface area (Å²) < 4.78 is 10.8. The van der Waals surface area contributed by atoms with Crippen LogP contribution in [-0.2, 0) is 16.1 Å². The Hall–Kier alpha value is -1.29. The van der Waals surface area contributed by atoms with Crippen LogP contribution in [0.3, 0.4) is 0 Å². The summed E-state index contributed by atoms with van der Waals surface area (Å²) in [6.07, 6.45) is 1.92. The fraction of sp³-hybridized carbons (Fsp3) is 0.667. The molecule has 2 rings (SSSR count). The van der Waals surface area contributed by atoms with Crippen LogP contribution in [0, 0.1) is 18.3 Å². The minimum Gasteiger partial charge on any atom is -0.465 e. The first-order valence-electron chi connectivity index (χ1n) is 6.91. The van der Waals surface area contributed by atoms with Crippen LogP contribution in [0.2, 0.25) is 0 Å². The Balaban J connectivity index is 1.90. The topological polar surface area (TPSA) is 51.5 Å². The van der Waals surface area contributed by atoms with Crippen molar-refractivity contribution in [2.24, 2.45) is 11.3 Å². The van der Waals surface area contributed by atoms with Gasteiger partial charge in [-0.25, -0.2) is 0 Å². The molecule has 2 heterocycles. The van der Waals surface area contributed by atoms with E-state index in [1.807, 2.05) is 32.9 Å². The van der Waals surface area contributed by atoms with Gasteiger partial charge in [-0.15, -0.1) is 0 Å². The van der Waals surface area contributed by atoms with Gasteiger partial charge < -0.3 is 14.5 Å². The van der Waals surface area contributed by atoms with Crippen molar-refractivity contribution in [2.75, 3.05) is 13.2 Å². The van der Waals surface area contributed by atoms with E-state index in [9.17, 15) is 4.79 Å². The molecule has 106 valence electrons. The zero-order valence-electron chi connectivity index (χ0n) is 12.0. The Bertz CT molecular complexity index is 430. The Morgan fingerprint density at radius 1 is 1.37 bits per heavy atom. The lowest BCUT2D eigenvalue weighted by Crippen LogP contribution is -2.43. The maximum absolute atomic E-state index is 12.4. The molecule has 1 fully saturated rings. The number of carbonyl (C=O) groups excluding carboxylic acids is 1. The minimum atomic E-state index is -0.356. The summed E-state index contributed by atoms with van der Waals surface area (Å²) >= 11 is 0. The second-order valence-electron chi connectivity index (χ2n) is 5.80. The Morgan fingerprint density at radius 2 is 2.05 bits per heavy atom. The van der Waals surface area contributed by atoms with E-state index in [1.165, 1.54) is 0 Å². The van der Waals surface area contributed by atoms with Crippen molar-refractivity contribution in [3.05, 3.63) is 23.7 Å². The third kappa shape index (κ3) is 3.38. The number of rotatable bonds is 4. The lowest BCUT2D eigenvalue weighted by atomic mass is 9.74. The molecule has 4 nitrogen and oxygen atoms in total. The molecule has 0 radical (unpaired) electrons. The van der Waals surface area contributed by atoms with Gasteiger partial charge in [-0.1, -0.05) is 13.8 Å². The third-order valence-electron chi connectivity index (χ3n) is 4.05. The molecule has 0 aromatic carbocycles. The van der Waals surface area contributed by atoms with E-state index in [-0.39, 0.29) is 11.3 Å². The van der Waals surface area contributed by atoms with Gasteiger partial charge in [-0.3, -0.25) is 4.79 Å². The highest BCUT2D eigenvalue weighted by Gasteiger charge is 2.37. The van der Waals surface area contributed by atoms with Crippen molar-refractivity contribution in [3.63, 3.8) is 0 Å². The molecule has 1 aliphatic heterocycles. The van der Waals surface area contributed by atoms with Crippen LogP contribution in [0.15, 0.2) is 16.5 Å². The highest BCUT2D eigenvalue weighted by molar-refractivity contribution is 5.82. The predicted octanol–water partition coefficient (Wildman–Crippen LogP) is 2.66. The summed E-state index contributed by atoms with van der Waals surface area (Å²) in [5, 5.41) is 2.98. The molecule has 0 aliphatic carbocycles. The SMILES string of the molecule is Cc1ccc(CNC(=O)C(C)(C)C2CCOCC2)o1. The molecule has 1 aliphatic rings. The molecule has 19 heavy (non-hydrogen) atoms. The molecule has 0 bridgehead atoms. The second-order valence-corrected chi connectivity index (χ2v) is 5.80. The maximum Gasteiger partial charge on any atom is 0.226 e. The molecule has 0 unspecified atom stereocenters. The van der Waals surface area contributed by atoms with Crippen LogP contribution < -0.4 is 5.32 Å². The minimum absolute atomic E-state index is 0.0912. The number of hydrogen-bond acceptors (Lipinski definition) is 3. The average Bonchev–Trinajstić information content (AvgIpc) is 2.82. The number of carbonyl (C=O) groups is 1. The summed E-state index contributed by atoms with van der Waals surface area (Å²) in [5.41, 5.74) is -0.356. The lowest BCUT2D eigenvalue weighted by Gasteiger charge is -2.35. The van der Waals surface area contributed by atoms with Crippen LogP contribution in [0.1, 0.15) is 38.2 Å². The zero-order chi connectivity index (χ0) is 13.9. The van der Waals surface area contributed by atoms with Crippen LogP contribution in [0.5, 0.6) is 0 Å². The van der Waals surface area contributed by atoms with Crippen molar-refractivity contribution < 1.29 is 13.9 Å². The Kier molecular flexibility index (Phi) is 4.30. The first-order chi connectivity index (χ1) is 9.00. The summed E-state index contributed by atoms with van der Waals surface area (Å²) in [5.74, 6) is 2.15. The Morgan fingerprint density at radius 3 is 2.63 bits per heavy atom. The van der Waals surface area contributed by atoms with Crippen molar-refractivity contribution in [2.45, 2.75) is 40.2 Å². The molecule has 4 heteroatoms. The molecule has 1 amide bonds. The second kappa shape index (κ2) is 5.78. The normalized spacial score (nSPS) is 17.4. The third-order valence-corrected chi connectivity index (χ3v) is 4.05. The van der Waals surface area contributed by atoms with Gasteiger partial charge in [-0.2, -0.15) is 0 Å². The van der Waals surface area contributed by atoms with Crippen LogP contribution in [0.4, 0.5) is 0 Å². The monoisotopic (exact) mass is 265 g/mol. The van der Waals surface area contributed by atoms with E-state index in [1.54, 1.807) is 0 Å². The van der Waals surface area contributed by atoms with Crippen molar-refractivity contribution in [1.82, 2.24) is 5.32 Å². The van der Waals surface area contributed by atoms with Crippen molar-refractivity contribution >= 4 is 5.91 Å². The van der Waals surface area contributed by atoms with Gasteiger partial charge in [0.15, 0.2) is 0 Å². The van der Waals surface area contributed by atoms with Gasteiger partial charge in [0.1, 0.15) is 11.5 Å². The van der Waals surface area contributed by atoms with Gasteiger partial charge in [0.05, 0.1) is 6.54 Å². The van der Waals surface area contributed by atoms with Crippen molar-refractivity contribution in [3.8, 4) is 0 Å². The van der Waals surface area contributed by atoms with Gasteiger partial charge >= 0.3 is 0 Å². The van der Waals surface area contributed by atoms with Gasteiger partial charge in [0.2, 0.25) is 5.91 Å². The molecule has 0 atom stereocenters. The molecule has 0 saturated carbocycles. The van der Waals surface area contributed by atoms with Crippen LogP contribution in [0.25, 0.3) is 0 Å². The Labute approximate surface area is 114 Å². The van der Waals surface area contributed by atoms with Crippen LogP contribution in [-0.4, -0.2) is 19.1 Å². The maximum atomic E-state index is 12.4. The summed E-state index contributed by atoms with van der Waals surface area (Å²) in [6.45, 7) is 7.92. The zero-order valence-corrected chi connectivity index (χ0v) is 12.0. The molecule has 1 saturated heterocycles. The highest BCUT2D eigenvalue weighted by Crippen LogP contribution is 2.34. The first kappa shape index (κ1) is 14.1. The molecule has 1 N–H and O–H groups in total. The van der Waals surface area contributed by atoms with E-state index in [0.29, 0.717) is 12.5 Å². The molecular formula is C15H23NO3. The quantitative estimate of drug-likeness (QED) is 0.910. The van der Waals surface area contributed by atoms with Gasteiger partial charge in [0.25, 0.3) is 0 Å². The van der Waals surface area contributed by atoms with E-state index in [0.717, 1.165) is 37.6 Å². The molecule has 0 spiro atoms. The van der Waals surface area contributed by atoms with E-state index < -0.39 is 0 Å². The van der Waals surface area contributed by atoms with Gasteiger partial charge in [-0.05, 0) is 37.8 Å². The van der Waals surface area contributed by atoms with E-state index in [2.05, 4.69) is 5.32 Å². The van der Waals surface area contributed by atoms with E-state index in [4.69, 9.17) is 9.15 Å². The largest absolute Gasteiger partial charge is 0.465 e. The number of furan rings is 1. The fourth-order valence-electron chi connectivity index (χ4n) is 2.58. The lowest BCUT2D eigenvalue weighted by molar-refractivity contribution is -0.134. The van der Waals surface area contributed by atoms with Crippen LogP contribution >= 0.6 is 0 Å². The summed E-state index contributed by atoms with van der Waals surface area (Å²) in [6, 6.07) is 3.81. The predicted molar refractivity (Wildman–Crippen MR) is 72.6 cm³/mol. The number of hydrogen-bond donors (Lipinski definition) is 1. The van der Waals surface area contributed by atoms with Crippen molar-refractivity contribution in [1.29, 1.82) is 0 Å². The summed E-state index contributed by atoms with van der Waals surface area (Å²) in [7, 11) is 0. The average molecular weight is 265 g/mol. The smallest absolute Gasteiger partial charge is 0.226 e. The van der Waals surface area contributed by atoms with Gasteiger partial charge in [0, 0.05) is 18.6 Å². The number of amides is 1. The number of aryl methyl sites for hydroxylation is 1. The standard InChI is InChI=1S/C15H23NO3/c1-11-4-5-13(19-11)10-16-14(17)15(2,3)12-6-8-18-9-7-12/h4-5,12H,6-10H2,1-3H3,(H,16,17).